The van der Waals surface area contributed by atoms with Crippen LogP contribution in [0.4, 0.5) is 5.13 Å². The standard InChI is InChI=1S/C26H26N4O4S2/c1-3-34-22-7-4-8-23-24(22)28-26(35-23)30(17-18-6-5-15-27-16-18)25(31)19-9-13-21(14-10-19)36(32,33)29(2)20-11-12-20/h4-10,13-16,20H,3,11-12,17H2,1-2H3. The molecule has 1 amide bonds. The highest BCUT2D eigenvalue weighted by molar-refractivity contribution is 7.89. The zero-order chi connectivity index (χ0) is 25.3. The molecule has 2 heterocycles. The van der Waals surface area contributed by atoms with Crippen molar-refractivity contribution in [1.29, 1.82) is 0 Å². The fourth-order valence-corrected chi connectivity index (χ4v) is 6.32. The monoisotopic (exact) mass is 522 g/mol. The van der Waals surface area contributed by atoms with Gasteiger partial charge in [-0.05, 0) is 67.8 Å². The predicted octanol–water partition coefficient (Wildman–Crippen LogP) is 4.72. The van der Waals surface area contributed by atoms with Gasteiger partial charge in [-0.15, -0.1) is 0 Å². The van der Waals surface area contributed by atoms with E-state index < -0.39 is 10.0 Å². The molecular weight excluding hydrogens is 496 g/mol. The summed E-state index contributed by atoms with van der Waals surface area (Å²) in [4.78, 5) is 24.4. The van der Waals surface area contributed by atoms with Crippen LogP contribution in [-0.4, -0.2) is 48.3 Å². The third kappa shape index (κ3) is 4.84. The minimum absolute atomic E-state index is 0.0619. The fraction of sp³-hybridized carbons (Fsp3) is 0.269. The lowest BCUT2D eigenvalue weighted by Gasteiger charge is -2.20. The molecule has 0 aliphatic heterocycles. The Morgan fingerprint density at radius 3 is 2.56 bits per heavy atom. The smallest absolute Gasteiger partial charge is 0.260 e. The number of sulfonamides is 1. The summed E-state index contributed by atoms with van der Waals surface area (Å²) in [6, 6.07) is 15.6. The van der Waals surface area contributed by atoms with Crippen LogP contribution in [0.2, 0.25) is 0 Å². The minimum Gasteiger partial charge on any atom is -0.492 e. The minimum atomic E-state index is -3.59. The molecule has 2 aromatic heterocycles. The number of nitrogens with zero attached hydrogens (tertiary/aromatic N) is 4. The van der Waals surface area contributed by atoms with Crippen LogP contribution in [0.15, 0.2) is 71.9 Å². The van der Waals surface area contributed by atoms with Gasteiger partial charge in [-0.1, -0.05) is 23.5 Å². The van der Waals surface area contributed by atoms with E-state index in [1.54, 1.807) is 36.5 Å². The van der Waals surface area contributed by atoms with E-state index in [-0.39, 0.29) is 23.4 Å². The van der Waals surface area contributed by atoms with Crippen molar-refractivity contribution in [1.82, 2.24) is 14.3 Å². The number of thiazole rings is 1. The van der Waals surface area contributed by atoms with Crippen LogP contribution in [0.3, 0.4) is 0 Å². The second-order valence-electron chi connectivity index (χ2n) is 8.56. The van der Waals surface area contributed by atoms with Crippen LogP contribution in [0.1, 0.15) is 35.7 Å². The van der Waals surface area contributed by atoms with Crippen LogP contribution in [0.25, 0.3) is 10.2 Å². The number of rotatable bonds is 9. The number of ether oxygens (including phenoxy) is 1. The Hall–Kier alpha value is -3.34. The fourth-order valence-electron chi connectivity index (χ4n) is 3.93. The van der Waals surface area contributed by atoms with Crippen LogP contribution in [0.5, 0.6) is 5.75 Å². The molecule has 0 saturated heterocycles. The number of hydrogen-bond donors (Lipinski definition) is 0. The lowest BCUT2D eigenvalue weighted by atomic mass is 10.2. The van der Waals surface area contributed by atoms with Crippen LogP contribution in [-0.2, 0) is 16.6 Å². The van der Waals surface area contributed by atoms with Crippen molar-refractivity contribution in [2.45, 2.75) is 37.2 Å². The number of aromatic nitrogens is 2. The van der Waals surface area contributed by atoms with Gasteiger partial charge in [0.2, 0.25) is 10.0 Å². The van der Waals surface area contributed by atoms with Gasteiger partial charge in [0.25, 0.3) is 5.91 Å². The number of anilines is 1. The zero-order valence-corrected chi connectivity index (χ0v) is 21.6. The second-order valence-corrected chi connectivity index (χ2v) is 11.6. The topological polar surface area (TPSA) is 92.7 Å². The summed E-state index contributed by atoms with van der Waals surface area (Å²) in [5.41, 5.74) is 1.92. The third-order valence-corrected chi connectivity index (χ3v) is 9.02. The van der Waals surface area contributed by atoms with Crippen LogP contribution < -0.4 is 9.64 Å². The predicted molar refractivity (Wildman–Crippen MR) is 140 cm³/mol. The molecule has 1 aliphatic rings. The molecule has 4 aromatic rings. The molecule has 0 radical (unpaired) electrons. The maximum absolute atomic E-state index is 13.7. The summed E-state index contributed by atoms with van der Waals surface area (Å²) in [6.45, 7) is 2.69. The van der Waals surface area contributed by atoms with Crippen molar-refractivity contribution in [3.63, 3.8) is 0 Å². The normalized spacial score (nSPS) is 13.8. The summed E-state index contributed by atoms with van der Waals surface area (Å²) in [7, 11) is -1.99. The molecule has 0 atom stereocenters. The average Bonchev–Trinajstić information content (AvgIpc) is 3.65. The van der Waals surface area contributed by atoms with Crippen LogP contribution >= 0.6 is 11.3 Å². The SMILES string of the molecule is CCOc1cccc2sc(N(Cc3cccnc3)C(=O)c3ccc(S(=O)(=O)N(C)C4CC4)cc3)nc12. The molecule has 0 unspecified atom stereocenters. The molecule has 2 aromatic carbocycles. The summed E-state index contributed by atoms with van der Waals surface area (Å²) in [5, 5.41) is 0.524. The number of fused-ring (bicyclic) bond motifs is 1. The van der Waals surface area contributed by atoms with Gasteiger partial charge in [-0.2, -0.15) is 4.31 Å². The Kier molecular flexibility index (Phi) is 6.74. The molecule has 186 valence electrons. The maximum atomic E-state index is 13.7. The Morgan fingerprint density at radius 2 is 1.89 bits per heavy atom. The quantitative estimate of drug-likeness (QED) is 0.316. The van der Waals surface area contributed by atoms with Crippen molar-refractivity contribution in [3.05, 3.63) is 78.1 Å². The highest BCUT2D eigenvalue weighted by Crippen LogP contribution is 2.36. The number of carbonyl (C=O) groups is 1. The number of pyridine rings is 1. The Bertz CT molecular complexity index is 1480. The molecule has 0 spiro atoms. The number of para-hydroxylation sites is 1. The summed E-state index contributed by atoms with van der Waals surface area (Å²) < 4.78 is 33.8. The van der Waals surface area contributed by atoms with E-state index in [9.17, 15) is 13.2 Å². The number of carbonyl (C=O) groups excluding carboxylic acids is 1. The highest BCUT2D eigenvalue weighted by atomic mass is 32.2. The van der Waals surface area contributed by atoms with Crippen molar-refractivity contribution in [2.75, 3.05) is 18.6 Å². The second kappa shape index (κ2) is 9.96. The van der Waals surface area contributed by atoms with Crippen molar-refractivity contribution >= 4 is 42.6 Å². The van der Waals surface area contributed by atoms with Gasteiger partial charge in [-0.25, -0.2) is 13.4 Å². The molecule has 10 heteroatoms. The maximum Gasteiger partial charge on any atom is 0.260 e. The third-order valence-electron chi connectivity index (χ3n) is 6.05. The van der Waals surface area contributed by atoms with Crippen molar-refractivity contribution in [2.24, 2.45) is 0 Å². The molecule has 8 nitrogen and oxygen atoms in total. The van der Waals surface area contributed by atoms with Gasteiger partial charge in [0.15, 0.2) is 5.13 Å². The molecule has 0 N–H and O–H groups in total. The first-order valence-electron chi connectivity index (χ1n) is 11.7. The van der Waals surface area contributed by atoms with Gasteiger partial charge >= 0.3 is 0 Å². The van der Waals surface area contributed by atoms with E-state index in [0.29, 0.717) is 28.6 Å². The van der Waals surface area contributed by atoms with E-state index in [1.165, 1.54) is 27.8 Å². The van der Waals surface area contributed by atoms with Gasteiger partial charge < -0.3 is 4.74 Å². The first-order chi connectivity index (χ1) is 17.4. The van der Waals surface area contributed by atoms with Gasteiger partial charge in [0.1, 0.15) is 11.3 Å². The van der Waals surface area contributed by atoms with E-state index in [2.05, 4.69) is 4.98 Å². The van der Waals surface area contributed by atoms with Crippen molar-refractivity contribution in [3.8, 4) is 5.75 Å². The van der Waals surface area contributed by atoms with E-state index in [4.69, 9.17) is 9.72 Å². The van der Waals surface area contributed by atoms with Gasteiger partial charge in [-0.3, -0.25) is 14.7 Å². The number of amides is 1. The Balaban J connectivity index is 1.49. The number of benzene rings is 2. The van der Waals surface area contributed by atoms with E-state index in [1.807, 2.05) is 37.3 Å². The zero-order valence-electron chi connectivity index (χ0n) is 20.0. The lowest BCUT2D eigenvalue weighted by molar-refractivity contribution is 0.0985. The summed E-state index contributed by atoms with van der Waals surface area (Å²) in [6.07, 6.45) is 5.15. The first kappa shape index (κ1) is 24.4. The Labute approximate surface area is 214 Å². The van der Waals surface area contributed by atoms with Crippen molar-refractivity contribution < 1.29 is 17.9 Å². The molecule has 36 heavy (non-hydrogen) atoms. The van der Waals surface area contributed by atoms with E-state index >= 15 is 0 Å². The van der Waals surface area contributed by atoms with Crippen LogP contribution in [0, 0.1) is 0 Å². The molecule has 1 saturated carbocycles. The molecule has 1 fully saturated rings. The molecule has 1 aliphatic carbocycles. The Morgan fingerprint density at radius 1 is 1.11 bits per heavy atom. The molecule has 5 rings (SSSR count). The lowest BCUT2D eigenvalue weighted by Crippen LogP contribution is -2.31. The largest absolute Gasteiger partial charge is 0.492 e. The van der Waals surface area contributed by atoms with E-state index in [0.717, 1.165) is 23.1 Å². The molecular formula is C26H26N4O4S2. The van der Waals surface area contributed by atoms with Gasteiger partial charge in [0.05, 0.1) is 22.7 Å². The average molecular weight is 523 g/mol. The molecule has 0 bridgehead atoms. The summed E-state index contributed by atoms with van der Waals surface area (Å²) >= 11 is 1.40. The highest BCUT2D eigenvalue weighted by Gasteiger charge is 2.35. The number of hydrogen-bond acceptors (Lipinski definition) is 7. The first-order valence-corrected chi connectivity index (χ1v) is 14.0. The summed E-state index contributed by atoms with van der Waals surface area (Å²) in [5.74, 6) is 0.385. The van der Waals surface area contributed by atoms with Gasteiger partial charge in [0, 0.05) is 31.0 Å².